The molecule has 0 radical (unpaired) electrons. The smallest absolute Gasteiger partial charge is 0.204 e. The van der Waals surface area contributed by atoms with Crippen molar-refractivity contribution in [2.45, 2.75) is 0 Å². The molecule has 0 fully saturated rings. The van der Waals surface area contributed by atoms with Gasteiger partial charge in [-0.2, -0.15) is 0 Å². The average Bonchev–Trinajstić information content (AvgIpc) is 2.07. The van der Waals surface area contributed by atoms with Gasteiger partial charge in [-0.05, 0) is 18.2 Å². The maximum absolute atomic E-state index is 5.16. The van der Waals surface area contributed by atoms with E-state index in [0.29, 0.717) is 0 Å². The highest BCUT2D eigenvalue weighted by Crippen LogP contribution is 2.35. The molecule has 0 aliphatic rings. The first-order chi connectivity index (χ1) is 5.77. The Morgan fingerprint density at radius 2 is 1.92 bits per heavy atom. The summed E-state index contributed by atoms with van der Waals surface area (Å²) in [6.07, 6.45) is 0. The molecule has 0 saturated heterocycles. The largest absolute Gasteiger partial charge is 0.334 e. The van der Waals surface area contributed by atoms with Crippen molar-refractivity contribution in [2.75, 3.05) is 14.2 Å². The molecule has 0 unspecified atom stereocenters. The topological polar surface area (TPSA) is 18.5 Å². The van der Waals surface area contributed by atoms with Gasteiger partial charge in [-0.15, -0.1) is 0 Å². The van der Waals surface area contributed by atoms with Crippen LogP contribution in [0.1, 0.15) is 0 Å². The van der Waals surface area contributed by atoms with E-state index in [-0.39, 0.29) is 0 Å². The monoisotopic (exact) mass is 248 g/mol. The van der Waals surface area contributed by atoms with E-state index in [1.165, 1.54) is 0 Å². The lowest BCUT2D eigenvalue weighted by molar-refractivity contribution is 0.350. The molecule has 1 rings (SSSR count). The van der Waals surface area contributed by atoms with Crippen molar-refractivity contribution in [1.82, 2.24) is 0 Å². The average molecular weight is 249 g/mol. The van der Waals surface area contributed by atoms with E-state index in [0.717, 1.165) is 9.78 Å². The van der Waals surface area contributed by atoms with Crippen LogP contribution in [0.3, 0.4) is 0 Å². The summed E-state index contributed by atoms with van der Waals surface area (Å²) in [5.41, 5.74) is 0. The first kappa shape index (κ1) is 10.1. The predicted molar refractivity (Wildman–Crippen MR) is 54.7 cm³/mol. The molecular weight excluding hydrogens is 239 g/mol. The molecule has 0 bridgehead atoms. The third-order valence-electron chi connectivity index (χ3n) is 1.35. The fourth-order valence-corrected chi connectivity index (χ4v) is 2.47. The van der Waals surface area contributed by atoms with Gasteiger partial charge in [0.25, 0.3) is 0 Å². The molecule has 0 N–H and O–H groups in total. The van der Waals surface area contributed by atoms with E-state index in [4.69, 9.17) is 9.05 Å². The molecule has 0 amide bonds. The van der Waals surface area contributed by atoms with Gasteiger partial charge in [0.1, 0.15) is 0 Å². The van der Waals surface area contributed by atoms with Crippen LogP contribution in [-0.2, 0) is 9.05 Å². The summed E-state index contributed by atoms with van der Waals surface area (Å²) >= 11 is 3.39. The molecule has 1 aromatic carbocycles. The van der Waals surface area contributed by atoms with Crippen molar-refractivity contribution in [1.29, 1.82) is 0 Å². The third kappa shape index (κ3) is 2.53. The van der Waals surface area contributed by atoms with Crippen molar-refractivity contribution in [3.63, 3.8) is 0 Å². The van der Waals surface area contributed by atoms with Crippen molar-refractivity contribution in [3.8, 4) is 0 Å². The summed E-state index contributed by atoms with van der Waals surface area (Å²) in [4.78, 5) is 0. The number of hydrogen-bond donors (Lipinski definition) is 0. The zero-order valence-corrected chi connectivity index (χ0v) is 9.43. The Balaban J connectivity index is 2.85. The van der Waals surface area contributed by atoms with Gasteiger partial charge in [0.15, 0.2) is 0 Å². The standard InChI is InChI=1S/C8H10BrO2P/c1-10-12(11-2)8-5-3-4-7(9)6-8/h3-6H,1-2H3. The maximum Gasteiger partial charge on any atom is 0.204 e. The number of rotatable bonds is 3. The lowest BCUT2D eigenvalue weighted by Crippen LogP contribution is -2.02. The van der Waals surface area contributed by atoms with Crippen LogP contribution in [0, 0.1) is 0 Å². The fourth-order valence-electron chi connectivity index (χ4n) is 0.875. The highest BCUT2D eigenvalue weighted by Gasteiger charge is 2.09. The van der Waals surface area contributed by atoms with Crippen LogP contribution in [0.4, 0.5) is 0 Å². The summed E-state index contributed by atoms with van der Waals surface area (Å²) in [6.45, 7) is 0. The first-order valence-electron chi connectivity index (χ1n) is 3.42. The van der Waals surface area contributed by atoms with E-state index < -0.39 is 8.38 Å². The van der Waals surface area contributed by atoms with Crippen LogP contribution in [-0.4, -0.2) is 14.2 Å². The Morgan fingerprint density at radius 1 is 1.25 bits per heavy atom. The minimum atomic E-state index is -0.898. The molecule has 0 atom stereocenters. The van der Waals surface area contributed by atoms with Gasteiger partial charge >= 0.3 is 0 Å². The molecule has 0 spiro atoms. The van der Waals surface area contributed by atoms with Gasteiger partial charge < -0.3 is 9.05 Å². The summed E-state index contributed by atoms with van der Waals surface area (Å²) < 4.78 is 11.4. The van der Waals surface area contributed by atoms with Crippen molar-refractivity contribution >= 4 is 29.6 Å². The second-order valence-corrected chi connectivity index (χ2v) is 4.78. The summed E-state index contributed by atoms with van der Waals surface area (Å²) in [6, 6.07) is 7.93. The van der Waals surface area contributed by atoms with Crippen molar-refractivity contribution in [3.05, 3.63) is 28.7 Å². The Kier molecular flexibility index (Phi) is 4.16. The molecule has 0 heterocycles. The van der Waals surface area contributed by atoms with Gasteiger partial charge in [-0.1, -0.05) is 22.0 Å². The van der Waals surface area contributed by atoms with Crippen LogP contribution in [0.2, 0.25) is 0 Å². The Labute approximate surface area is 81.9 Å². The number of benzene rings is 1. The molecule has 0 saturated carbocycles. The van der Waals surface area contributed by atoms with E-state index in [1.807, 2.05) is 24.3 Å². The zero-order valence-electron chi connectivity index (χ0n) is 6.95. The predicted octanol–water partition coefficient (Wildman–Crippen LogP) is 2.68. The molecule has 4 heteroatoms. The molecule has 0 aliphatic heterocycles. The van der Waals surface area contributed by atoms with Gasteiger partial charge in [-0.25, -0.2) is 0 Å². The summed E-state index contributed by atoms with van der Waals surface area (Å²) in [5.74, 6) is 0. The van der Waals surface area contributed by atoms with E-state index in [1.54, 1.807) is 14.2 Å². The van der Waals surface area contributed by atoms with E-state index in [2.05, 4.69) is 15.9 Å². The molecule has 2 nitrogen and oxygen atoms in total. The molecule has 0 aromatic heterocycles. The van der Waals surface area contributed by atoms with E-state index in [9.17, 15) is 0 Å². The minimum Gasteiger partial charge on any atom is -0.334 e. The number of halogens is 1. The SMILES string of the molecule is COP(OC)c1cccc(Br)c1. The zero-order chi connectivity index (χ0) is 8.97. The lowest BCUT2D eigenvalue weighted by atomic mass is 10.4. The second-order valence-electron chi connectivity index (χ2n) is 2.10. The van der Waals surface area contributed by atoms with Gasteiger partial charge in [-0.3, -0.25) is 0 Å². The van der Waals surface area contributed by atoms with Gasteiger partial charge in [0.2, 0.25) is 8.38 Å². The summed E-state index contributed by atoms with van der Waals surface area (Å²) in [7, 11) is 2.40. The second kappa shape index (κ2) is 4.93. The molecule has 1 aromatic rings. The molecule has 0 aliphatic carbocycles. The fraction of sp³-hybridized carbons (Fsp3) is 0.250. The summed E-state index contributed by atoms with van der Waals surface area (Å²) in [5, 5.41) is 1.07. The van der Waals surface area contributed by atoms with Crippen molar-refractivity contribution < 1.29 is 9.05 Å². The Morgan fingerprint density at radius 3 is 2.42 bits per heavy atom. The van der Waals surface area contributed by atoms with Crippen LogP contribution < -0.4 is 5.30 Å². The quantitative estimate of drug-likeness (QED) is 0.766. The molecule has 12 heavy (non-hydrogen) atoms. The Hall–Kier alpha value is 0.0500. The van der Waals surface area contributed by atoms with Gasteiger partial charge in [0.05, 0.1) is 0 Å². The maximum atomic E-state index is 5.16. The highest BCUT2D eigenvalue weighted by molar-refractivity contribution is 9.10. The lowest BCUT2D eigenvalue weighted by Gasteiger charge is -2.11. The van der Waals surface area contributed by atoms with Crippen LogP contribution in [0.5, 0.6) is 0 Å². The third-order valence-corrected chi connectivity index (χ3v) is 3.21. The van der Waals surface area contributed by atoms with E-state index >= 15 is 0 Å². The van der Waals surface area contributed by atoms with Crippen LogP contribution in [0.25, 0.3) is 0 Å². The Bertz CT molecular complexity index is 251. The molecular formula is C8H10BrO2P. The highest BCUT2D eigenvalue weighted by atomic mass is 79.9. The normalized spacial score (nSPS) is 10.7. The minimum absolute atomic E-state index is 0.898. The van der Waals surface area contributed by atoms with Gasteiger partial charge in [0, 0.05) is 24.0 Å². The van der Waals surface area contributed by atoms with Crippen molar-refractivity contribution in [2.24, 2.45) is 0 Å². The van der Waals surface area contributed by atoms with Crippen LogP contribution >= 0.6 is 24.3 Å². The molecule has 66 valence electrons. The number of hydrogen-bond acceptors (Lipinski definition) is 2. The van der Waals surface area contributed by atoms with Crippen LogP contribution in [0.15, 0.2) is 28.7 Å². The first-order valence-corrected chi connectivity index (χ1v) is 5.39.